The van der Waals surface area contributed by atoms with Gasteiger partial charge in [-0.05, 0) is 45.8 Å². The fourth-order valence-electron chi connectivity index (χ4n) is 0.934. The van der Waals surface area contributed by atoms with E-state index in [9.17, 15) is 4.79 Å². The molecule has 0 aromatic heterocycles. The summed E-state index contributed by atoms with van der Waals surface area (Å²) in [4.78, 5) is 11.6. The second kappa shape index (κ2) is 7.30. The first-order chi connectivity index (χ1) is 5.31. The molecule has 0 unspecified atom stereocenters. The SMILES string of the molecule is CC#CC=O.CN1CCCC1. The normalized spacial score (nSPS) is 15.8. The second-order valence-electron chi connectivity index (χ2n) is 2.52. The van der Waals surface area contributed by atoms with E-state index in [0.717, 1.165) is 0 Å². The van der Waals surface area contributed by atoms with Gasteiger partial charge in [0, 0.05) is 0 Å². The van der Waals surface area contributed by atoms with Gasteiger partial charge in [0.25, 0.3) is 0 Å². The molecule has 11 heavy (non-hydrogen) atoms. The molecule has 1 saturated heterocycles. The molecule has 1 aliphatic rings. The minimum atomic E-state index is 0.569. The van der Waals surface area contributed by atoms with Crippen molar-refractivity contribution in [2.45, 2.75) is 19.8 Å². The highest BCUT2D eigenvalue weighted by Gasteiger charge is 2.03. The molecule has 62 valence electrons. The average molecular weight is 153 g/mol. The van der Waals surface area contributed by atoms with Gasteiger partial charge in [-0.3, -0.25) is 4.79 Å². The largest absolute Gasteiger partial charge is 0.306 e. The maximum absolute atomic E-state index is 9.23. The molecule has 1 rings (SSSR count). The van der Waals surface area contributed by atoms with Gasteiger partial charge in [-0.1, -0.05) is 5.92 Å². The van der Waals surface area contributed by atoms with Crippen molar-refractivity contribution in [2.24, 2.45) is 0 Å². The van der Waals surface area contributed by atoms with E-state index in [1.54, 1.807) is 6.92 Å². The molecule has 0 aliphatic carbocycles. The number of hydrogen-bond donors (Lipinski definition) is 0. The summed E-state index contributed by atoms with van der Waals surface area (Å²) in [7, 11) is 2.17. The highest BCUT2D eigenvalue weighted by Crippen LogP contribution is 2.01. The summed E-state index contributed by atoms with van der Waals surface area (Å²) in [5.41, 5.74) is 0. The Hall–Kier alpha value is -0.810. The van der Waals surface area contributed by atoms with Gasteiger partial charge in [0.2, 0.25) is 0 Å². The number of carbonyl (C=O) groups excluding carboxylic acids is 1. The standard InChI is InChI=1S/C5H11N.C4H4O/c1-6-4-2-3-5-6;1-2-3-4-5/h2-5H2,1H3;4H,1H3. The lowest BCUT2D eigenvalue weighted by molar-refractivity contribution is -0.103. The Morgan fingerprint density at radius 3 is 2.00 bits per heavy atom. The van der Waals surface area contributed by atoms with Crippen molar-refractivity contribution >= 4 is 6.29 Å². The van der Waals surface area contributed by atoms with E-state index in [0.29, 0.717) is 6.29 Å². The van der Waals surface area contributed by atoms with Crippen LogP contribution in [0.5, 0.6) is 0 Å². The van der Waals surface area contributed by atoms with Crippen molar-refractivity contribution in [3.63, 3.8) is 0 Å². The molecule has 2 nitrogen and oxygen atoms in total. The molecule has 0 atom stereocenters. The molecule has 2 heteroatoms. The van der Waals surface area contributed by atoms with E-state index in [1.165, 1.54) is 25.9 Å². The Bertz CT molecular complexity index is 149. The summed E-state index contributed by atoms with van der Waals surface area (Å²) in [6, 6.07) is 0. The molecule has 0 bridgehead atoms. The van der Waals surface area contributed by atoms with Crippen molar-refractivity contribution in [1.29, 1.82) is 0 Å². The quantitative estimate of drug-likeness (QED) is 0.381. The van der Waals surface area contributed by atoms with Gasteiger partial charge < -0.3 is 4.90 Å². The summed E-state index contributed by atoms with van der Waals surface area (Å²) in [6.07, 6.45) is 3.40. The van der Waals surface area contributed by atoms with Crippen molar-refractivity contribution in [1.82, 2.24) is 4.90 Å². The third-order valence-corrected chi connectivity index (χ3v) is 1.53. The minimum absolute atomic E-state index is 0.569. The van der Waals surface area contributed by atoms with Crippen LogP contribution in [-0.2, 0) is 4.79 Å². The molecule has 1 heterocycles. The van der Waals surface area contributed by atoms with Crippen molar-refractivity contribution in [3.05, 3.63) is 0 Å². The number of rotatable bonds is 0. The zero-order valence-electron chi connectivity index (χ0n) is 7.26. The highest BCUT2D eigenvalue weighted by molar-refractivity contribution is 5.72. The number of nitrogens with zero attached hydrogens (tertiary/aromatic N) is 1. The lowest BCUT2D eigenvalue weighted by Crippen LogP contribution is -2.10. The van der Waals surface area contributed by atoms with Crippen LogP contribution in [-0.4, -0.2) is 31.3 Å². The van der Waals surface area contributed by atoms with E-state index in [-0.39, 0.29) is 0 Å². The maximum atomic E-state index is 9.23. The molecule has 0 saturated carbocycles. The lowest BCUT2D eigenvalue weighted by atomic mass is 10.4. The Labute approximate surface area is 68.6 Å². The molecule has 0 amide bonds. The monoisotopic (exact) mass is 153 g/mol. The van der Waals surface area contributed by atoms with Crippen LogP contribution in [0.3, 0.4) is 0 Å². The molecular formula is C9H15NO. The van der Waals surface area contributed by atoms with Crippen molar-refractivity contribution in [3.8, 4) is 11.8 Å². The highest BCUT2D eigenvalue weighted by atomic mass is 16.1. The Kier molecular flexibility index (Phi) is 6.76. The number of likely N-dealkylation sites (tertiary alicyclic amines) is 1. The van der Waals surface area contributed by atoms with Gasteiger partial charge in [-0.25, -0.2) is 0 Å². The summed E-state index contributed by atoms with van der Waals surface area (Å²) in [6.45, 7) is 4.26. The molecule has 0 radical (unpaired) electrons. The molecule has 0 N–H and O–H groups in total. The fraction of sp³-hybridized carbons (Fsp3) is 0.667. The summed E-state index contributed by atoms with van der Waals surface area (Å²) in [5, 5.41) is 0. The van der Waals surface area contributed by atoms with Crippen LogP contribution >= 0.6 is 0 Å². The zero-order chi connectivity index (χ0) is 8.53. The number of hydrogen-bond acceptors (Lipinski definition) is 2. The van der Waals surface area contributed by atoms with Crippen LogP contribution in [0.15, 0.2) is 0 Å². The van der Waals surface area contributed by atoms with Crippen LogP contribution in [0.25, 0.3) is 0 Å². The van der Waals surface area contributed by atoms with Gasteiger partial charge in [0.05, 0.1) is 0 Å². The Morgan fingerprint density at radius 1 is 1.36 bits per heavy atom. The third kappa shape index (κ3) is 7.08. The minimum Gasteiger partial charge on any atom is -0.306 e. The van der Waals surface area contributed by atoms with Gasteiger partial charge in [-0.15, -0.1) is 0 Å². The smallest absolute Gasteiger partial charge is 0.192 e. The van der Waals surface area contributed by atoms with Crippen LogP contribution in [0.1, 0.15) is 19.8 Å². The Morgan fingerprint density at radius 2 is 1.91 bits per heavy atom. The van der Waals surface area contributed by atoms with E-state index in [2.05, 4.69) is 23.8 Å². The van der Waals surface area contributed by atoms with E-state index in [4.69, 9.17) is 0 Å². The zero-order valence-corrected chi connectivity index (χ0v) is 7.26. The van der Waals surface area contributed by atoms with Gasteiger partial charge in [-0.2, -0.15) is 0 Å². The first-order valence-electron chi connectivity index (χ1n) is 3.85. The summed E-state index contributed by atoms with van der Waals surface area (Å²) in [5.74, 6) is 4.58. The first-order valence-corrected chi connectivity index (χ1v) is 3.85. The molecule has 1 fully saturated rings. The van der Waals surface area contributed by atoms with Crippen molar-refractivity contribution in [2.75, 3.05) is 20.1 Å². The average Bonchev–Trinajstić information content (AvgIpc) is 2.43. The predicted molar refractivity (Wildman–Crippen MR) is 46.2 cm³/mol. The summed E-state index contributed by atoms with van der Waals surface area (Å²) < 4.78 is 0. The van der Waals surface area contributed by atoms with Gasteiger partial charge >= 0.3 is 0 Å². The van der Waals surface area contributed by atoms with Crippen LogP contribution in [0.2, 0.25) is 0 Å². The topological polar surface area (TPSA) is 20.3 Å². The lowest BCUT2D eigenvalue weighted by Gasteiger charge is -2.01. The van der Waals surface area contributed by atoms with E-state index < -0.39 is 0 Å². The molecule has 0 aromatic carbocycles. The van der Waals surface area contributed by atoms with Crippen LogP contribution < -0.4 is 0 Å². The fourth-order valence-corrected chi connectivity index (χ4v) is 0.934. The predicted octanol–water partition coefficient (Wildman–Crippen LogP) is 0.921. The van der Waals surface area contributed by atoms with E-state index >= 15 is 0 Å². The second-order valence-corrected chi connectivity index (χ2v) is 2.52. The van der Waals surface area contributed by atoms with Crippen molar-refractivity contribution < 1.29 is 4.79 Å². The van der Waals surface area contributed by atoms with Gasteiger partial charge in [0.1, 0.15) is 0 Å². The number of aldehydes is 1. The molecule has 0 aromatic rings. The molecular weight excluding hydrogens is 138 g/mol. The van der Waals surface area contributed by atoms with Crippen LogP contribution in [0.4, 0.5) is 0 Å². The van der Waals surface area contributed by atoms with E-state index in [1.807, 2.05) is 0 Å². The first kappa shape index (κ1) is 10.2. The Balaban J connectivity index is 0.000000187. The van der Waals surface area contributed by atoms with Crippen LogP contribution in [0, 0.1) is 11.8 Å². The number of carbonyl (C=O) groups is 1. The summed E-state index contributed by atoms with van der Waals surface area (Å²) >= 11 is 0. The third-order valence-electron chi connectivity index (χ3n) is 1.53. The van der Waals surface area contributed by atoms with Gasteiger partial charge in [0.15, 0.2) is 6.29 Å². The molecule has 1 aliphatic heterocycles. The molecule has 0 spiro atoms. The maximum Gasteiger partial charge on any atom is 0.192 e.